The van der Waals surface area contributed by atoms with Crippen LogP contribution in [0, 0.1) is 5.41 Å². The largest absolute Gasteiger partial charge is 0.355 e. The third-order valence-corrected chi connectivity index (χ3v) is 6.26. The molecule has 3 N–H and O–H groups in total. The summed E-state index contributed by atoms with van der Waals surface area (Å²) in [4.78, 5) is 4.18. The lowest BCUT2D eigenvalue weighted by Gasteiger charge is -2.23. The molecular weight excluding hydrogens is 344 g/mol. The highest BCUT2D eigenvalue weighted by molar-refractivity contribution is 7.91. The monoisotopic (exact) mass is 374 g/mol. The average Bonchev–Trinajstić information content (AvgIpc) is 3.02. The smallest absolute Gasteiger partial charge is 0.250 e. The topological polar surface area (TPSA) is 82.6 Å². The van der Waals surface area contributed by atoms with Crippen molar-refractivity contribution in [2.75, 3.05) is 20.1 Å². The fourth-order valence-corrected chi connectivity index (χ4v) is 4.07. The van der Waals surface area contributed by atoms with Gasteiger partial charge in [0.1, 0.15) is 4.21 Å². The normalized spacial score (nSPS) is 14.5. The van der Waals surface area contributed by atoms with Gasteiger partial charge in [-0.05, 0) is 36.6 Å². The van der Waals surface area contributed by atoms with Gasteiger partial charge >= 0.3 is 0 Å². The van der Waals surface area contributed by atoms with Gasteiger partial charge in [-0.3, -0.25) is 4.99 Å². The van der Waals surface area contributed by atoms with Crippen LogP contribution in [0.25, 0.3) is 0 Å². The van der Waals surface area contributed by atoms with Crippen molar-refractivity contribution in [3.05, 3.63) is 17.5 Å². The van der Waals surface area contributed by atoms with Crippen molar-refractivity contribution in [1.82, 2.24) is 15.4 Å². The summed E-state index contributed by atoms with van der Waals surface area (Å²) in [6, 6.07) is 3.62. The molecule has 24 heavy (non-hydrogen) atoms. The molecule has 0 amide bonds. The van der Waals surface area contributed by atoms with E-state index in [1.165, 1.54) is 11.3 Å². The summed E-state index contributed by atoms with van der Waals surface area (Å²) in [5, 5.41) is 8.21. The van der Waals surface area contributed by atoms with Crippen LogP contribution in [0.15, 0.2) is 26.7 Å². The highest BCUT2D eigenvalue weighted by atomic mass is 32.2. The van der Waals surface area contributed by atoms with E-state index < -0.39 is 10.0 Å². The molecule has 1 aromatic heterocycles. The quantitative estimate of drug-likeness (QED) is 0.371. The number of rotatable bonds is 8. The minimum absolute atomic E-state index is 0.303. The van der Waals surface area contributed by atoms with E-state index in [0.29, 0.717) is 34.7 Å². The van der Waals surface area contributed by atoms with E-state index in [2.05, 4.69) is 48.0 Å². The Morgan fingerprint density at radius 2 is 2.04 bits per heavy atom. The lowest BCUT2D eigenvalue weighted by atomic mass is 9.89. The Morgan fingerprint density at radius 1 is 1.33 bits per heavy atom. The highest BCUT2D eigenvalue weighted by Crippen LogP contribution is 2.21. The van der Waals surface area contributed by atoms with Gasteiger partial charge in [-0.15, -0.1) is 11.3 Å². The lowest BCUT2D eigenvalue weighted by Crippen LogP contribution is -2.45. The zero-order valence-corrected chi connectivity index (χ0v) is 16.9. The Morgan fingerprint density at radius 3 is 2.58 bits per heavy atom. The predicted molar refractivity (Wildman–Crippen MR) is 102 cm³/mol. The summed E-state index contributed by atoms with van der Waals surface area (Å²) >= 11 is 1.21. The molecule has 0 saturated carbocycles. The minimum atomic E-state index is -3.40. The lowest BCUT2D eigenvalue weighted by molar-refractivity contribution is 0.346. The molecule has 1 unspecified atom stereocenters. The third kappa shape index (κ3) is 8.12. The molecule has 0 aromatic carbocycles. The van der Waals surface area contributed by atoms with Crippen molar-refractivity contribution >= 4 is 27.3 Å². The fraction of sp³-hybridized carbons (Fsp3) is 0.688. The minimum Gasteiger partial charge on any atom is -0.355 e. The van der Waals surface area contributed by atoms with Gasteiger partial charge in [0.25, 0.3) is 0 Å². The van der Waals surface area contributed by atoms with Gasteiger partial charge in [0, 0.05) is 26.2 Å². The zero-order valence-electron chi connectivity index (χ0n) is 15.2. The molecular formula is C16H30N4O2S2. The van der Waals surface area contributed by atoms with Gasteiger partial charge < -0.3 is 10.6 Å². The molecule has 1 rings (SSSR count). The number of aliphatic imine (C=N–C) groups is 1. The van der Waals surface area contributed by atoms with Crippen LogP contribution in [0.2, 0.25) is 0 Å². The van der Waals surface area contributed by atoms with E-state index >= 15 is 0 Å². The van der Waals surface area contributed by atoms with Crippen molar-refractivity contribution in [2.45, 2.75) is 50.8 Å². The van der Waals surface area contributed by atoms with Crippen LogP contribution >= 0.6 is 11.3 Å². The second-order valence-electron chi connectivity index (χ2n) is 6.97. The molecule has 1 atom stereocenters. The van der Waals surface area contributed by atoms with Gasteiger partial charge in [-0.1, -0.05) is 26.8 Å². The van der Waals surface area contributed by atoms with E-state index in [9.17, 15) is 8.42 Å². The maximum absolute atomic E-state index is 12.0. The predicted octanol–water partition coefficient (Wildman–Crippen LogP) is 2.41. The molecule has 6 nitrogen and oxygen atoms in total. The van der Waals surface area contributed by atoms with E-state index in [0.717, 1.165) is 12.8 Å². The number of nitrogens with one attached hydrogen (secondary N) is 3. The number of nitrogens with zero attached hydrogens (tertiary/aromatic N) is 1. The number of hydrogen-bond donors (Lipinski definition) is 3. The third-order valence-electron chi connectivity index (χ3n) is 3.40. The van der Waals surface area contributed by atoms with E-state index in [1.54, 1.807) is 24.6 Å². The molecule has 1 heterocycles. The van der Waals surface area contributed by atoms with E-state index in [-0.39, 0.29) is 0 Å². The van der Waals surface area contributed by atoms with Gasteiger partial charge in [0.15, 0.2) is 5.96 Å². The Kier molecular flexibility index (Phi) is 8.18. The molecule has 8 heteroatoms. The first-order valence-electron chi connectivity index (χ1n) is 8.14. The molecule has 1 aromatic rings. The fourth-order valence-electron chi connectivity index (χ4n) is 2.00. The van der Waals surface area contributed by atoms with Gasteiger partial charge in [0.2, 0.25) is 10.0 Å². The number of thiophene rings is 1. The van der Waals surface area contributed by atoms with E-state index in [4.69, 9.17) is 0 Å². The molecule has 0 spiro atoms. The van der Waals surface area contributed by atoms with Crippen LogP contribution in [0.1, 0.15) is 40.5 Å². The SMILES string of the molecule is CN=C(NCCNS(=O)(=O)c1cccs1)NC(C)CCC(C)(C)C. The molecule has 138 valence electrons. The van der Waals surface area contributed by atoms with Gasteiger partial charge in [-0.2, -0.15) is 0 Å². The highest BCUT2D eigenvalue weighted by Gasteiger charge is 2.15. The maximum Gasteiger partial charge on any atom is 0.250 e. The molecule has 0 aliphatic rings. The first-order valence-corrected chi connectivity index (χ1v) is 10.5. The Bertz CT molecular complexity index is 605. The van der Waals surface area contributed by atoms with Crippen LogP contribution < -0.4 is 15.4 Å². The summed E-state index contributed by atoms with van der Waals surface area (Å²) in [7, 11) is -1.69. The molecule has 0 fully saturated rings. The Balaban J connectivity index is 2.32. The Hall–Kier alpha value is -1.12. The summed E-state index contributed by atoms with van der Waals surface area (Å²) in [6.07, 6.45) is 2.17. The first kappa shape index (κ1) is 20.9. The van der Waals surface area contributed by atoms with Crippen LogP contribution in [0.5, 0.6) is 0 Å². The second-order valence-corrected chi connectivity index (χ2v) is 9.92. The molecule has 0 aliphatic carbocycles. The molecule has 0 radical (unpaired) electrons. The first-order chi connectivity index (χ1) is 11.1. The standard InChI is InChI=1S/C16H30N4O2S2/c1-13(8-9-16(2,3)4)20-15(17-5)18-10-11-19-24(21,22)14-7-6-12-23-14/h6-7,12-13,19H,8-11H2,1-5H3,(H2,17,18,20). The van der Waals surface area contributed by atoms with Crippen LogP contribution in [-0.4, -0.2) is 40.6 Å². The average molecular weight is 375 g/mol. The molecule has 0 bridgehead atoms. The number of sulfonamides is 1. The van der Waals surface area contributed by atoms with Crippen LogP contribution in [0.3, 0.4) is 0 Å². The van der Waals surface area contributed by atoms with Crippen molar-refractivity contribution in [1.29, 1.82) is 0 Å². The summed E-state index contributed by atoms with van der Waals surface area (Å²) in [6.45, 7) is 9.58. The number of hydrogen-bond acceptors (Lipinski definition) is 4. The summed E-state index contributed by atoms with van der Waals surface area (Å²) in [5.41, 5.74) is 0.312. The summed E-state index contributed by atoms with van der Waals surface area (Å²) < 4.78 is 26.9. The van der Waals surface area contributed by atoms with Crippen molar-refractivity contribution in [2.24, 2.45) is 10.4 Å². The van der Waals surface area contributed by atoms with Crippen molar-refractivity contribution in [3.63, 3.8) is 0 Å². The molecule has 0 saturated heterocycles. The zero-order chi connectivity index (χ0) is 18.2. The second kappa shape index (κ2) is 9.39. The van der Waals surface area contributed by atoms with Crippen LogP contribution in [-0.2, 0) is 10.0 Å². The van der Waals surface area contributed by atoms with Crippen LogP contribution in [0.4, 0.5) is 0 Å². The molecule has 0 aliphatic heterocycles. The van der Waals surface area contributed by atoms with Crippen molar-refractivity contribution in [3.8, 4) is 0 Å². The van der Waals surface area contributed by atoms with E-state index in [1.807, 2.05) is 0 Å². The summed E-state index contributed by atoms with van der Waals surface area (Å²) in [5.74, 6) is 0.687. The Labute approximate surface area is 150 Å². The van der Waals surface area contributed by atoms with Gasteiger partial charge in [0.05, 0.1) is 0 Å². The van der Waals surface area contributed by atoms with Gasteiger partial charge in [-0.25, -0.2) is 13.1 Å². The maximum atomic E-state index is 12.0. The van der Waals surface area contributed by atoms with Crippen molar-refractivity contribution < 1.29 is 8.42 Å². The number of guanidine groups is 1.